The molecule has 1 aliphatic heterocycles. The normalized spacial score (nSPS) is 17.5. The van der Waals surface area contributed by atoms with Crippen LogP contribution < -0.4 is 10.9 Å². The molecule has 0 aliphatic carbocycles. The summed E-state index contributed by atoms with van der Waals surface area (Å²) in [5.74, 6) is 2.79. The van der Waals surface area contributed by atoms with Crippen LogP contribution in [0.2, 0.25) is 5.02 Å². The highest BCUT2D eigenvalue weighted by atomic mass is 35.5. The molecule has 4 nitrogen and oxygen atoms in total. The molecule has 1 heterocycles. The molecule has 1 atom stereocenters. The second kappa shape index (κ2) is 6.58. The summed E-state index contributed by atoms with van der Waals surface area (Å²) in [7, 11) is 0. The molecule has 0 saturated carbocycles. The quantitative estimate of drug-likeness (QED) is 0.443. The standard InChI is InChI=1S/C17H11ClF5N3O/c1-7-16(27)26(24)11-6-5-8(17(21,22)23)14(18)13(11)15(25-7)12-9(19)3-2-4-10(12)20/h2-7H,24H2,1H3/t7-/m0/s1. The zero-order valence-electron chi connectivity index (χ0n) is 13.6. The number of hydrazine groups is 1. The Balaban J connectivity index is 2.43. The lowest BCUT2D eigenvalue weighted by atomic mass is 9.97. The summed E-state index contributed by atoms with van der Waals surface area (Å²) in [5, 5.41) is -0.292. The van der Waals surface area contributed by atoms with Crippen LogP contribution in [0.25, 0.3) is 0 Å². The van der Waals surface area contributed by atoms with Crippen molar-refractivity contribution in [3.63, 3.8) is 0 Å². The van der Waals surface area contributed by atoms with Crippen molar-refractivity contribution in [1.29, 1.82) is 0 Å². The fourth-order valence-electron chi connectivity index (χ4n) is 2.76. The van der Waals surface area contributed by atoms with Gasteiger partial charge in [-0.05, 0) is 31.2 Å². The van der Waals surface area contributed by atoms with Crippen molar-refractivity contribution in [3.8, 4) is 0 Å². The number of alkyl halides is 3. The second-order valence-electron chi connectivity index (χ2n) is 5.78. The van der Waals surface area contributed by atoms with Gasteiger partial charge in [-0.1, -0.05) is 17.7 Å². The Morgan fingerprint density at radius 3 is 2.26 bits per heavy atom. The van der Waals surface area contributed by atoms with Gasteiger partial charge >= 0.3 is 6.18 Å². The zero-order valence-corrected chi connectivity index (χ0v) is 14.4. The van der Waals surface area contributed by atoms with Gasteiger partial charge in [0.15, 0.2) is 0 Å². The van der Waals surface area contributed by atoms with Gasteiger partial charge in [-0.2, -0.15) is 13.2 Å². The van der Waals surface area contributed by atoms with Crippen molar-refractivity contribution in [1.82, 2.24) is 0 Å². The first-order valence-corrected chi connectivity index (χ1v) is 7.92. The Morgan fingerprint density at radius 2 is 1.70 bits per heavy atom. The lowest BCUT2D eigenvalue weighted by molar-refractivity contribution is -0.137. The van der Waals surface area contributed by atoms with Crippen LogP contribution in [-0.4, -0.2) is 17.7 Å². The number of benzodiazepines with no additional fused rings is 1. The van der Waals surface area contributed by atoms with Crippen LogP contribution in [0, 0.1) is 11.6 Å². The third-order valence-electron chi connectivity index (χ3n) is 4.04. The number of anilines is 1. The number of halogens is 6. The Labute approximate surface area is 155 Å². The third-order valence-corrected chi connectivity index (χ3v) is 4.43. The van der Waals surface area contributed by atoms with E-state index in [1.54, 1.807) is 0 Å². The zero-order chi connectivity index (χ0) is 20.1. The number of hydrogen-bond acceptors (Lipinski definition) is 3. The predicted molar refractivity (Wildman–Crippen MR) is 89.6 cm³/mol. The SMILES string of the molecule is C[C@@H]1N=C(c2c(F)cccc2F)c2c(ccc(C(F)(F)F)c2Cl)N(N)C1=O. The van der Waals surface area contributed by atoms with Gasteiger partial charge < -0.3 is 0 Å². The summed E-state index contributed by atoms with van der Waals surface area (Å²) in [6, 6.07) is 3.26. The van der Waals surface area contributed by atoms with Crippen molar-refractivity contribution in [2.75, 3.05) is 5.01 Å². The minimum absolute atomic E-state index is 0.247. The van der Waals surface area contributed by atoms with Gasteiger partial charge in [0.1, 0.15) is 17.7 Å². The number of benzene rings is 2. The maximum Gasteiger partial charge on any atom is 0.417 e. The van der Waals surface area contributed by atoms with E-state index in [2.05, 4.69) is 4.99 Å². The van der Waals surface area contributed by atoms with Crippen molar-refractivity contribution in [2.24, 2.45) is 10.8 Å². The van der Waals surface area contributed by atoms with E-state index in [0.29, 0.717) is 11.1 Å². The average Bonchev–Trinajstić information content (AvgIpc) is 2.65. The molecule has 0 unspecified atom stereocenters. The fourth-order valence-corrected chi connectivity index (χ4v) is 3.11. The minimum Gasteiger partial charge on any atom is -0.271 e. The van der Waals surface area contributed by atoms with Crippen LogP contribution in [0.15, 0.2) is 35.3 Å². The van der Waals surface area contributed by atoms with E-state index in [-0.39, 0.29) is 5.69 Å². The van der Waals surface area contributed by atoms with E-state index in [9.17, 15) is 26.7 Å². The molecule has 2 aromatic rings. The summed E-state index contributed by atoms with van der Waals surface area (Å²) in [4.78, 5) is 16.2. The minimum atomic E-state index is -4.84. The number of rotatable bonds is 1. The molecular weight excluding hydrogens is 393 g/mol. The topological polar surface area (TPSA) is 58.7 Å². The van der Waals surface area contributed by atoms with Crippen LogP contribution in [0.3, 0.4) is 0 Å². The van der Waals surface area contributed by atoms with Gasteiger partial charge in [0.25, 0.3) is 5.91 Å². The molecule has 10 heteroatoms. The van der Waals surface area contributed by atoms with Gasteiger partial charge in [0.05, 0.1) is 27.5 Å². The van der Waals surface area contributed by atoms with Crippen molar-refractivity contribution < 1.29 is 26.7 Å². The molecule has 0 bridgehead atoms. The van der Waals surface area contributed by atoms with E-state index < -0.39 is 57.2 Å². The largest absolute Gasteiger partial charge is 0.417 e. The highest BCUT2D eigenvalue weighted by Gasteiger charge is 2.39. The number of nitrogens with zero attached hydrogens (tertiary/aromatic N) is 2. The summed E-state index contributed by atoms with van der Waals surface area (Å²) >= 11 is 5.95. The molecule has 0 radical (unpaired) electrons. The first kappa shape index (κ1) is 19.2. The number of hydrogen-bond donors (Lipinski definition) is 1. The first-order chi connectivity index (χ1) is 12.5. The van der Waals surface area contributed by atoms with Crippen LogP contribution in [0.1, 0.15) is 23.6 Å². The molecule has 0 fully saturated rings. The molecule has 1 amide bonds. The van der Waals surface area contributed by atoms with Crippen molar-refractivity contribution in [2.45, 2.75) is 19.1 Å². The molecule has 0 aromatic heterocycles. The van der Waals surface area contributed by atoms with E-state index in [4.69, 9.17) is 17.4 Å². The Hall–Kier alpha value is -2.52. The lowest BCUT2D eigenvalue weighted by Gasteiger charge is -2.21. The molecule has 142 valence electrons. The summed E-state index contributed by atoms with van der Waals surface area (Å²) < 4.78 is 68.5. The monoisotopic (exact) mass is 403 g/mol. The molecule has 1 aliphatic rings. The number of nitrogens with two attached hydrogens (primary N) is 1. The van der Waals surface area contributed by atoms with Crippen LogP contribution in [0.5, 0.6) is 0 Å². The number of carbonyl (C=O) groups excluding carboxylic acids is 1. The predicted octanol–water partition coefficient (Wildman–Crippen LogP) is 4.08. The highest BCUT2D eigenvalue weighted by Crippen LogP contribution is 2.42. The highest BCUT2D eigenvalue weighted by molar-refractivity contribution is 6.38. The van der Waals surface area contributed by atoms with Gasteiger partial charge in [-0.15, -0.1) is 0 Å². The second-order valence-corrected chi connectivity index (χ2v) is 6.16. The Bertz CT molecular complexity index is 954. The van der Waals surface area contributed by atoms with Crippen LogP contribution >= 0.6 is 11.6 Å². The average molecular weight is 404 g/mol. The number of aliphatic imine (C=N–C) groups is 1. The van der Waals surface area contributed by atoms with E-state index in [1.807, 2.05) is 0 Å². The number of fused-ring (bicyclic) bond motifs is 1. The smallest absolute Gasteiger partial charge is 0.271 e. The van der Waals surface area contributed by atoms with Crippen molar-refractivity contribution >= 4 is 28.9 Å². The van der Waals surface area contributed by atoms with E-state index >= 15 is 0 Å². The van der Waals surface area contributed by atoms with Crippen LogP contribution in [-0.2, 0) is 11.0 Å². The first-order valence-electron chi connectivity index (χ1n) is 7.55. The molecule has 0 saturated heterocycles. The van der Waals surface area contributed by atoms with Gasteiger partial charge in [-0.3, -0.25) is 9.79 Å². The molecular formula is C17H11ClF5N3O. The number of amides is 1. The Morgan fingerprint density at radius 1 is 1.11 bits per heavy atom. The Kier molecular flexibility index (Phi) is 4.69. The molecule has 3 rings (SSSR count). The maximum absolute atomic E-state index is 14.3. The van der Waals surface area contributed by atoms with Gasteiger partial charge in [0, 0.05) is 5.56 Å². The van der Waals surface area contributed by atoms with Crippen molar-refractivity contribution in [3.05, 3.63) is 63.7 Å². The molecule has 2 N–H and O–H groups in total. The lowest BCUT2D eigenvalue weighted by Crippen LogP contribution is -2.42. The van der Waals surface area contributed by atoms with Crippen LogP contribution in [0.4, 0.5) is 27.6 Å². The van der Waals surface area contributed by atoms with E-state index in [0.717, 1.165) is 24.3 Å². The van der Waals surface area contributed by atoms with Gasteiger partial charge in [0.2, 0.25) is 0 Å². The summed E-state index contributed by atoms with van der Waals surface area (Å²) in [6.45, 7) is 1.30. The number of carbonyl (C=O) groups is 1. The molecule has 2 aromatic carbocycles. The van der Waals surface area contributed by atoms with E-state index in [1.165, 1.54) is 6.92 Å². The third kappa shape index (κ3) is 3.17. The molecule has 0 spiro atoms. The molecule has 27 heavy (non-hydrogen) atoms. The fraction of sp³-hybridized carbons (Fsp3) is 0.176. The summed E-state index contributed by atoms with van der Waals surface area (Å²) in [6.07, 6.45) is -4.84. The summed E-state index contributed by atoms with van der Waals surface area (Å²) in [5.41, 5.74) is -3.19. The van der Waals surface area contributed by atoms with Gasteiger partial charge in [-0.25, -0.2) is 19.6 Å². The maximum atomic E-state index is 14.3.